The number of carboxylic acid groups (broad SMARTS) is 1. The van der Waals surface area contributed by atoms with E-state index in [0.717, 1.165) is 0 Å². The van der Waals surface area contributed by atoms with Crippen LogP contribution in [0.5, 0.6) is 0 Å². The Morgan fingerprint density at radius 3 is 2.76 bits per heavy atom. The molecule has 0 aromatic carbocycles. The topological polar surface area (TPSA) is 112 Å². The second kappa shape index (κ2) is 6.54. The Balaban J connectivity index is 2.34. The van der Waals surface area contributed by atoms with Gasteiger partial charge >= 0.3 is 12.0 Å². The fourth-order valence-corrected chi connectivity index (χ4v) is 1.18. The van der Waals surface area contributed by atoms with Crippen LogP contribution in [0.25, 0.3) is 0 Å². The van der Waals surface area contributed by atoms with Gasteiger partial charge in [-0.15, -0.1) is 0 Å². The molecular weight excluding hydrogens is 228 g/mol. The van der Waals surface area contributed by atoms with Gasteiger partial charge in [0.25, 0.3) is 0 Å². The Morgan fingerprint density at radius 2 is 2.24 bits per heavy atom. The fraction of sp³-hybridized carbons (Fsp3) is 0.400. The molecule has 1 aromatic heterocycles. The summed E-state index contributed by atoms with van der Waals surface area (Å²) in [6, 6.07) is 1.64. The average Bonchev–Trinajstić information content (AvgIpc) is 2.78. The fourth-order valence-electron chi connectivity index (χ4n) is 1.18. The molecule has 1 aromatic rings. The molecule has 1 rings (SSSR count). The molecule has 0 saturated heterocycles. The van der Waals surface area contributed by atoms with Crippen LogP contribution in [0.2, 0.25) is 0 Å². The Hall–Kier alpha value is -2.02. The SMILES string of the molecule is O=C(NCc1ccco1)N[C@@H](CCO)C(=O)O. The number of amides is 2. The van der Waals surface area contributed by atoms with E-state index in [-0.39, 0.29) is 19.6 Å². The quantitative estimate of drug-likeness (QED) is 0.557. The van der Waals surface area contributed by atoms with Crippen molar-refractivity contribution >= 4 is 12.0 Å². The number of hydrogen-bond donors (Lipinski definition) is 4. The van der Waals surface area contributed by atoms with Crippen LogP contribution >= 0.6 is 0 Å². The minimum atomic E-state index is -1.19. The van der Waals surface area contributed by atoms with Crippen LogP contribution in [-0.2, 0) is 11.3 Å². The lowest BCUT2D eigenvalue weighted by molar-refractivity contribution is -0.139. The maximum absolute atomic E-state index is 11.3. The molecule has 0 unspecified atom stereocenters. The first-order valence-electron chi connectivity index (χ1n) is 5.04. The van der Waals surface area contributed by atoms with Gasteiger partial charge in [-0.2, -0.15) is 0 Å². The second-order valence-electron chi connectivity index (χ2n) is 3.31. The van der Waals surface area contributed by atoms with Crippen molar-refractivity contribution in [3.8, 4) is 0 Å². The van der Waals surface area contributed by atoms with E-state index in [2.05, 4.69) is 10.6 Å². The molecule has 0 fully saturated rings. The molecule has 0 aliphatic rings. The van der Waals surface area contributed by atoms with E-state index in [0.29, 0.717) is 5.76 Å². The van der Waals surface area contributed by atoms with Crippen LogP contribution in [0.15, 0.2) is 22.8 Å². The smallest absolute Gasteiger partial charge is 0.326 e. The largest absolute Gasteiger partial charge is 0.480 e. The first-order valence-corrected chi connectivity index (χ1v) is 5.04. The number of urea groups is 1. The van der Waals surface area contributed by atoms with E-state index < -0.39 is 18.0 Å². The number of carboxylic acids is 1. The van der Waals surface area contributed by atoms with Crippen LogP contribution in [-0.4, -0.2) is 34.9 Å². The minimum Gasteiger partial charge on any atom is -0.480 e. The van der Waals surface area contributed by atoms with Crippen molar-refractivity contribution in [2.45, 2.75) is 19.0 Å². The highest BCUT2D eigenvalue weighted by molar-refractivity contribution is 5.82. The minimum absolute atomic E-state index is 0.0382. The molecule has 7 heteroatoms. The molecule has 0 radical (unpaired) electrons. The van der Waals surface area contributed by atoms with E-state index in [4.69, 9.17) is 14.6 Å². The number of hydrogen-bond acceptors (Lipinski definition) is 4. The molecule has 94 valence electrons. The van der Waals surface area contributed by atoms with E-state index in [1.165, 1.54) is 6.26 Å². The summed E-state index contributed by atoms with van der Waals surface area (Å²) < 4.78 is 4.99. The van der Waals surface area contributed by atoms with Gasteiger partial charge in [0.15, 0.2) is 0 Å². The van der Waals surface area contributed by atoms with Crippen LogP contribution in [0.3, 0.4) is 0 Å². The number of aliphatic hydroxyl groups is 1. The molecular formula is C10H14N2O5. The van der Waals surface area contributed by atoms with Crippen molar-refractivity contribution in [1.82, 2.24) is 10.6 Å². The molecule has 4 N–H and O–H groups in total. The first-order chi connectivity index (χ1) is 8.13. The zero-order valence-electron chi connectivity index (χ0n) is 9.05. The molecule has 0 bridgehead atoms. The van der Waals surface area contributed by atoms with Gasteiger partial charge in [-0.25, -0.2) is 9.59 Å². The monoisotopic (exact) mass is 242 g/mol. The number of aliphatic carboxylic acids is 1. The number of carbonyl (C=O) groups excluding carboxylic acids is 1. The van der Waals surface area contributed by atoms with E-state index in [1.807, 2.05) is 0 Å². The van der Waals surface area contributed by atoms with Crippen molar-refractivity contribution in [3.63, 3.8) is 0 Å². The van der Waals surface area contributed by atoms with Crippen LogP contribution in [0, 0.1) is 0 Å². The van der Waals surface area contributed by atoms with Crippen LogP contribution in [0.4, 0.5) is 4.79 Å². The van der Waals surface area contributed by atoms with Gasteiger partial charge < -0.3 is 25.3 Å². The van der Waals surface area contributed by atoms with E-state index in [1.54, 1.807) is 12.1 Å². The molecule has 0 aliphatic carbocycles. The van der Waals surface area contributed by atoms with E-state index >= 15 is 0 Å². The summed E-state index contributed by atoms with van der Waals surface area (Å²) >= 11 is 0. The van der Waals surface area contributed by atoms with Gasteiger partial charge in [0.1, 0.15) is 11.8 Å². The lowest BCUT2D eigenvalue weighted by atomic mass is 10.2. The molecule has 1 heterocycles. The highest BCUT2D eigenvalue weighted by atomic mass is 16.4. The third-order valence-electron chi connectivity index (χ3n) is 2.02. The van der Waals surface area contributed by atoms with E-state index in [9.17, 15) is 9.59 Å². The average molecular weight is 242 g/mol. The molecule has 17 heavy (non-hydrogen) atoms. The maximum atomic E-state index is 11.3. The van der Waals surface area contributed by atoms with Crippen molar-refractivity contribution in [3.05, 3.63) is 24.2 Å². The lowest BCUT2D eigenvalue weighted by Crippen LogP contribution is -2.46. The summed E-state index contributed by atoms with van der Waals surface area (Å²) in [6.07, 6.45) is 1.43. The van der Waals surface area contributed by atoms with Gasteiger partial charge in [0.2, 0.25) is 0 Å². The third-order valence-corrected chi connectivity index (χ3v) is 2.02. The summed E-state index contributed by atoms with van der Waals surface area (Å²) in [7, 11) is 0. The summed E-state index contributed by atoms with van der Waals surface area (Å²) in [5, 5.41) is 22.0. The summed E-state index contributed by atoms with van der Waals surface area (Å²) in [6.45, 7) is -0.139. The van der Waals surface area contributed by atoms with Crippen molar-refractivity contribution in [2.75, 3.05) is 6.61 Å². The Labute approximate surface area is 97.4 Å². The van der Waals surface area contributed by atoms with Crippen molar-refractivity contribution in [1.29, 1.82) is 0 Å². The van der Waals surface area contributed by atoms with Crippen LogP contribution < -0.4 is 10.6 Å². The van der Waals surface area contributed by atoms with Crippen molar-refractivity contribution in [2.24, 2.45) is 0 Å². The van der Waals surface area contributed by atoms with Gasteiger partial charge in [0.05, 0.1) is 12.8 Å². The van der Waals surface area contributed by atoms with Gasteiger partial charge in [-0.05, 0) is 12.1 Å². The standard InChI is InChI=1S/C10H14N2O5/c13-4-3-8(9(14)15)12-10(16)11-6-7-2-1-5-17-7/h1-2,5,8,13H,3-4,6H2,(H,14,15)(H2,11,12,16)/t8-/m0/s1. The maximum Gasteiger partial charge on any atom is 0.326 e. The lowest BCUT2D eigenvalue weighted by Gasteiger charge is -2.13. The Morgan fingerprint density at radius 1 is 1.47 bits per heavy atom. The normalized spacial score (nSPS) is 11.8. The summed E-state index contributed by atoms with van der Waals surface area (Å²) in [5.41, 5.74) is 0. The molecule has 0 aliphatic heterocycles. The number of aliphatic hydroxyl groups excluding tert-OH is 1. The predicted molar refractivity (Wildman–Crippen MR) is 57.2 cm³/mol. The Kier molecular flexibility index (Phi) is 5.02. The summed E-state index contributed by atoms with van der Waals surface area (Å²) in [5.74, 6) is -0.624. The molecule has 1 atom stereocenters. The van der Waals surface area contributed by atoms with Crippen molar-refractivity contribution < 1.29 is 24.2 Å². The zero-order valence-corrected chi connectivity index (χ0v) is 9.05. The van der Waals surface area contributed by atoms with Gasteiger partial charge in [-0.3, -0.25) is 0 Å². The number of nitrogens with one attached hydrogen (secondary N) is 2. The van der Waals surface area contributed by atoms with Gasteiger partial charge in [-0.1, -0.05) is 0 Å². The highest BCUT2D eigenvalue weighted by Gasteiger charge is 2.18. The molecule has 0 saturated carbocycles. The predicted octanol–water partition coefficient (Wildman–Crippen LogP) is -0.0856. The number of furan rings is 1. The molecule has 7 nitrogen and oxygen atoms in total. The zero-order chi connectivity index (χ0) is 12.7. The molecule has 0 spiro atoms. The van der Waals surface area contributed by atoms with Crippen LogP contribution in [0.1, 0.15) is 12.2 Å². The molecule has 2 amide bonds. The third kappa shape index (κ3) is 4.56. The summed E-state index contributed by atoms with van der Waals surface area (Å²) in [4.78, 5) is 22.0. The highest BCUT2D eigenvalue weighted by Crippen LogP contribution is 1.98. The Bertz CT molecular complexity index is 363. The van der Waals surface area contributed by atoms with Gasteiger partial charge in [0, 0.05) is 13.0 Å². The first kappa shape index (κ1) is 13.0. The second-order valence-corrected chi connectivity index (χ2v) is 3.31. The number of rotatable bonds is 6. The number of carbonyl (C=O) groups is 2.